The summed E-state index contributed by atoms with van der Waals surface area (Å²) in [6, 6.07) is 9.83. The molecule has 0 aromatic heterocycles. The highest BCUT2D eigenvalue weighted by molar-refractivity contribution is 7.99. The number of rotatable bonds is 6. The summed E-state index contributed by atoms with van der Waals surface area (Å²) in [5.41, 5.74) is 0.980. The lowest BCUT2D eigenvalue weighted by molar-refractivity contribution is -0.122. The van der Waals surface area contributed by atoms with Crippen LogP contribution in [0.1, 0.15) is 24.5 Å². The van der Waals surface area contributed by atoms with Crippen molar-refractivity contribution in [1.29, 1.82) is 0 Å². The Morgan fingerprint density at radius 3 is 2.75 bits per heavy atom. The van der Waals surface area contributed by atoms with E-state index in [1.54, 1.807) is 11.8 Å². The molecule has 3 rings (SSSR count). The second kappa shape index (κ2) is 8.85. The fourth-order valence-electron chi connectivity index (χ4n) is 3.33. The number of β-amino-alcohol motifs (C(OH)–C–C–N with tert-alkyl or cyclic N) is 1. The average molecular weight is 350 g/mol. The molecule has 2 unspecified atom stereocenters. The van der Waals surface area contributed by atoms with Crippen molar-refractivity contribution in [2.24, 2.45) is 5.92 Å². The van der Waals surface area contributed by atoms with Crippen molar-refractivity contribution in [1.82, 2.24) is 15.5 Å². The Hall–Kier alpha value is -1.08. The van der Waals surface area contributed by atoms with Gasteiger partial charge in [0.05, 0.1) is 12.1 Å². The smallest absolute Gasteiger partial charge is 0.238 e. The van der Waals surface area contributed by atoms with Gasteiger partial charge >= 0.3 is 0 Å². The van der Waals surface area contributed by atoms with Crippen LogP contribution in [-0.2, 0) is 4.79 Å². The Labute approximate surface area is 148 Å². The highest BCUT2D eigenvalue weighted by Gasteiger charge is 2.25. The highest BCUT2D eigenvalue weighted by atomic mass is 32.2. The van der Waals surface area contributed by atoms with Crippen LogP contribution in [0.5, 0.6) is 0 Å². The van der Waals surface area contributed by atoms with Gasteiger partial charge in [0.15, 0.2) is 0 Å². The van der Waals surface area contributed by atoms with E-state index in [0.717, 1.165) is 49.7 Å². The molecule has 3 N–H and O–H groups in total. The van der Waals surface area contributed by atoms with Crippen molar-refractivity contribution >= 4 is 17.7 Å². The van der Waals surface area contributed by atoms with Crippen molar-refractivity contribution in [2.45, 2.75) is 25.0 Å². The van der Waals surface area contributed by atoms with Crippen LogP contribution in [0.3, 0.4) is 0 Å². The molecule has 0 aliphatic carbocycles. The number of likely N-dealkylation sites (tertiary alicyclic amines) is 1. The van der Waals surface area contributed by atoms with Crippen molar-refractivity contribution in [3.05, 3.63) is 35.9 Å². The van der Waals surface area contributed by atoms with E-state index in [0.29, 0.717) is 12.5 Å². The van der Waals surface area contributed by atoms with Crippen molar-refractivity contribution in [2.75, 3.05) is 37.8 Å². The van der Waals surface area contributed by atoms with Gasteiger partial charge in [0.25, 0.3) is 0 Å². The monoisotopic (exact) mass is 349 g/mol. The van der Waals surface area contributed by atoms with Gasteiger partial charge in [-0.2, -0.15) is 0 Å². The average Bonchev–Trinajstić information content (AvgIpc) is 3.16. The van der Waals surface area contributed by atoms with E-state index in [2.05, 4.69) is 15.5 Å². The minimum absolute atomic E-state index is 0.0175. The third kappa shape index (κ3) is 4.96. The molecule has 2 heterocycles. The first-order valence-corrected chi connectivity index (χ1v) is 9.92. The Morgan fingerprint density at radius 1 is 1.33 bits per heavy atom. The summed E-state index contributed by atoms with van der Waals surface area (Å²) in [5, 5.41) is 16.6. The van der Waals surface area contributed by atoms with Gasteiger partial charge in [-0.1, -0.05) is 30.3 Å². The number of nitrogens with one attached hydrogen (secondary N) is 2. The zero-order valence-corrected chi connectivity index (χ0v) is 14.8. The van der Waals surface area contributed by atoms with Crippen molar-refractivity contribution in [3.63, 3.8) is 0 Å². The number of thioether (sulfide) groups is 1. The van der Waals surface area contributed by atoms with Gasteiger partial charge in [0.2, 0.25) is 5.91 Å². The second-order valence-electron chi connectivity index (χ2n) is 6.69. The molecule has 2 aliphatic heterocycles. The summed E-state index contributed by atoms with van der Waals surface area (Å²) >= 11 is 1.77. The molecule has 1 aromatic rings. The van der Waals surface area contributed by atoms with Gasteiger partial charge in [-0.25, -0.2) is 0 Å². The highest BCUT2D eigenvalue weighted by Crippen LogP contribution is 2.20. The molecule has 2 fully saturated rings. The maximum absolute atomic E-state index is 12.0. The summed E-state index contributed by atoms with van der Waals surface area (Å²) in [5.74, 6) is 2.44. The number of hydrogen-bond donors (Lipinski definition) is 3. The number of aliphatic hydroxyl groups excluding tert-OH is 1. The normalized spacial score (nSPS) is 24.0. The molecule has 5 nitrogen and oxygen atoms in total. The molecule has 0 radical (unpaired) electrons. The molecule has 1 amide bonds. The molecule has 1 aromatic carbocycles. The molecule has 2 aliphatic rings. The number of carbonyl (C=O) groups is 1. The third-order valence-electron chi connectivity index (χ3n) is 4.92. The minimum Gasteiger partial charge on any atom is -0.387 e. The SMILES string of the molecule is O=C(NCC1CCN(CC(O)c2ccccc2)CC1)C1CSCN1. The molecule has 0 bridgehead atoms. The predicted octanol–water partition coefficient (Wildman–Crippen LogP) is 1.21. The number of carbonyl (C=O) groups excluding carboxylic acids is 1. The molecule has 0 saturated carbocycles. The number of nitrogens with zero attached hydrogens (tertiary/aromatic N) is 1. The first kappa shape index (κ1) is 17.7. The Kier molecular flexibility index (Phi) is 6.54. The number of benzene rings is 1. The maximum Gasteiger partial charge on any atom is 0.238 e. The fraction of sp³-hybridized carbons (Fsp3) is 0.611. The van der Waals surface area contributed by atoms with Crippen LogP contribution < -0.4 is 10.6 Å². The van der Waals surface area contributed by atoms with Crippen LogP contribution in [0.4, 0.5) is 0 Å². The van der Waals surface area contributed by atoms with Crippen LogP contribution >= 0.6 is 11.8 Å². The quantitative estimate of drug-likeness (QED) is 0.721. The number of aliphatic hydroxyl groups is 1. The van der Waals surface area contributed by atoms with Crippen LogP contribution in [0.2, 0.25) is 0 Å². The summed E-state index contributed by atoms with van der Waals surface area (Å²) in [6.45, 7) is 3.44. The molecular formula is C18H27N3O2S. The molecule has 2 atom stereocenters. The Morgan fingerprint density at radius 2 is 2.08 bits per heavy atom. The number of amides is 1. The van der Waals surface area contributed by atoms with E-state index in [-0.39, 0.29) is 11.9 Å². The molecule has 24 heavy (non-hydrogen) atoms. The van der Waals surface area contributed by atoms with Crippen molar-refractivity contribution < 1.29 is 9.90 Å². The van der Waals surface area contributed by atoms with Gasteiger partial charge in [0, 0.05) is 24.7 Å². The molecule has 2 saturated heterocycles. The van der Waals surface area contributed by atoms with Crippen LogP contribution in [0.25, 0.3) is 0 Å². The summed E-state index contributed by atoms with van der Waals surface area (Å²) < 4.78 is 0. The molecule has 132 valence electrons. The Bertz CT molecular complexity index is 514. The minimum atomic E-state index is -0.423. The first-order valence-electron chi connectivity index (χ1n) is 8.76. The van der Waals surface area contributed by atoms with E-state index in [4.69, 9.17) is 0 Å². The summed E-state index contributed by atoms with van der Waals surface area (Å²) in [6.07, 6.45) is 1.73. The van der Waals surface area contributed by atoms with Gasteiger partial charge in [-0.15, -0.1) is 11.8 Å². The fourth-order valence-corrected chi connectivity index (χ4v) is 4.27. The lowest BCUT2D eigenvalue weighted by Gasteiger charge is -2.33. The van der Waals surface area contributed by atoms with Gasteiger partial charge in [-0.05, 0) is 37.4 Å². The van der Waals surface area contributed by atoms with Crippen LogP contribution in [0, 0.1) is 5.92 Å². The van der Waals surface area contributed by atoms with Gasteiger partial charge < -0.3 is 15.3 Å². The van der Waals surface area contributed by atoms with Gasteiger partial charge in [-0.3, -0.25) is 10.1 Å². The molecular weight excluding hydrogens is 322 g/mol. The van der Waals surface area contributed by atoms with E-state index in [9.17, 15) is 9.90 Å². The number of hydrogen-bond acceptors (Lipinski definition) is 5. The summed E-state index contributed by atoms with van der Waals surface area (Å²) in [4.78, 5) is 14.3. The first-order chi connectivity index (χ1) is 11.7. The lowest BCUT2D eigenvalue weighted by atomic mass is 9.96. The van der Waals surface area contributed by atoms with Crippen LogP contribution in [0.15, 0.2) is 30.3 Å². The zero-order valence-electron chi connectivity index (χ0n) is 14.0. The summed E-state index contributed by atoms with van der Waals surface area (Å²) in [7, 11) is 0. The third-order valence-corrected chi connectivity index (χ3v) is 5.86. The largest absolute Gasteiger partial charge is 0.387 e. The predicted molar refractivity (Wildman–Crippen MR) is 97.8 cm³/mol. The zero-order chi connectivity index (χ0) is 16.8. The van der Waals surface area contributed by atoms with Crippen molar-refractivity contribution in [3.8, 4) is 0 Å². The lowest BCUT2D eigenvalue weighted by Crippen LogP contribution is -2.45. The topological polar surface area (TPSA) is 64.6 Å². The van der Waals surface area contributed by atoms with E-state index in [1.165, 1.54) is 0 Å². The second-order valence-corrected chi connectivity index (χ2v) is 7.72. The molecule has 6 heteroatoms. The van der Waals surface area contributed by atoms with E-state index < -0.39 is 6.10 Å². The number of piperidine rings is 1. The standard InChI is InChI=1S/C18H27N3O2S/c22-17(15-4-2-1-3-5-15)11-21-8-6-14(7-9-21)10-19-18(23)16-12-24-13-20-16/h1-5,14,16-17,20,22H,6-13H2,(H,19,23). The van der Waals surface area contributed by atoms with Gasteiger partial charge in [0.1, 0.15) is 0 Å². The maximum atomic E-state index is 12.0. The van der Waals surface area contributed by atoms with Crippen LogP contribution in [-0.4, -0.2) is 59.8 Å². The van der Waals surface area contributed by atoms with E-state index in [1.807, 2.05) is 30.3 Å². The van der Waals surface area contributed by atoms with E-state index >= 15 is 0 Å². The molecule has 0 spiro atoms. The Balaban J connectivity index is 1.35.